The maximum absolute atomic E-state index is 12.2. The number of nitrogens with two attached hydrogens (primary N) is 1. The number of nitrogen functional groups attached to an aromatic ring is 1. The van der Waals surface area contributed by atoms with Crippen LogP contribution in [-0.2, 0) is 16.0 Å². The molecule has 1 amide bonds. The monoisotopic (exact) mass is 298 g/mol. The Morgan fingerprint density at radius 2 is 1.73 bits per heavy atom. The topological polar surface area (TPSA) is 81.4 Å². The Kier molecular flexibility index (Phi) is 5.14. The molecule has 0 unspecified atom stereocenters. The molecule has 0 aromatic heterocycles. The maximum atomic E-state index is 12.2. The number of anilines is 1. The summed E-state index contributed by atoms with van der Waals surface area (Å²) in [6.07, 6.45) is 0.369. The van der Waals surface area contributed by atoms with Crippen molar-refractivity contribution in [1.29, 1.82) is 0 Å². The third-order valence-corrected chi connectivity index (χ3v) is 3.25. The molecule has 1 atom stereocenters. The van der Waals surface area contributed by atoms with Gasteiger partial charge < -0.3 is 15.8 Å². The Labute approximate surface area is 129 Å². The quantitative estimate of drug-likeness (QED) is 0.651. The SMILES string of the molecule is COC(=O)[C@H](Cc1ccccc1)NC(=O)c1ccc(N)cc1. The second kappa shape index (κ2) is 7.26. The molecule has 2 aromatic rings. The molecule has 114 valence electrons. The molecule has 0 spiro atoms. The third kappa shape index (κ3) is 4.09. The maximum Gasteiger partial charge on any atom is 0.328 e. The molecule has 22 heavy (non-hydrogen) atoms. The van der Waals surface area contributed by atoms with Gasteiger partial charge in [-0.2, -0.15) is 0 Å². The van der Waals surface area contributed by atoms with Crippen molar-refractivity contribution in [2.75, 3.05) is 12.8 Å². The van der Waals surface area contributed by atoms with E-state index in [4.69, 9.17) is 10.5 Å². The number of hydrogen-bond acceptors (Lipinski definition) is 4. The van der Waals surface area contributed by atoms with Crippen LogP contribution in [0.4, 0.5) is 5.69 Å². The molecule has 3 N–H and O–H groups in total. The summed E-state index contributed by atoms with van der Waals surface area (Å²) in [5.74, 6) is -0.820. The van der Waals surface area contributed by atoms with Crippen LogP contribution >= 0.6 is 0 Å². The van der Waals surface area contributed by atoms with Crippen LogP contribution in [0.5, 0.6) is 0 Å². The fraction of sp³-hybridized carbons (Fsp3) is 0.176. The lowest BCUT2D eigenvalue weighted by Crippen LogP contribution is -2.43. The largest absolute Gasteiger partial charge is 0.467 e. The van der Waals surface area contributed by atoms with Crippen LogP contribution in [0.3, 0.4) is 0 Å². The fourth-order valence-electron chi connectivity index (χ4n) is 2.06. The first kappa shape index (κ1) is 15.6. The van der Waals surface area contributed by atoms with Gasteiger partial charge in [0.25, 0.3) is 5.91 Å². The van der Waals surface area contributed by atoms with E-state index in [1.807, 2.05) is 30.3 Å². The van der Waals surface area contributed by atoms with Gasteiger partial charge in [-0.05, 0) is 29.8 Å². The van der Waals surface area contributed by atoms with Crippen molar-refractivity contribution in [3.05, 3.63) is 65.7 Å². The van der Waals surface area contributed by atoms with E-state index in [9.17, 15) is 9.59 Å². The minimum atomic E-state index is -0.738. The molecule has 5 nitrogen and oxygen atoms in total. The molecule has 0 saturated carbocycles. The first-order chi connectivity index (χ1) is 10.6. The highest BCUT2D eigenvalue weighted by molar-refractivity contribution is 5.97. The van der Waals surface area contributed by atoms with Crippen LogP contribution in [0.25, 0.3) is 0 Å². The minimum Gasteiger partial charge on any atom is -0.467 e. The van der Waals surface area contributed by atoms with Gasteiger partial charge in [-0.15, -0.1) is 0 Å². The summed E-state index contributed by atoms with van der Waals surface area (Å²) in [7, 11) is 1.30. The van der Waals surface area contributed by atoms with E-state index in [1.54, 1.807) is 24.3 Å². The highest BCUT2D eigenvalue weighted by Gasteiger charge is 2.22. The van der Waals surface area contributed by atoms with Crippen molar-refractivity contribution >= 4 is 17.6 Å². The van der Waals surface area contributed by atoms with E-state index in [0.717, 1.165) is 5.56 Å². The van der Waals surface area contributed by atoms with E-state index in [1.165, 1.54) is 7.11 Å². The lowest BCUT2D eigenvalue weighted by atomic mass is 10.1. The van der Waals surface area contributed by atoms with Gasteiger partial charge in [0, 0.05) is 17.7 Å². The number of rotatable bonds is 5. The van der Waals surface area contributed by atoms with Crippen LogP contribution in [0.2, 0.25) is 0 Å². The average molecular weight is 298 g/mol. The number of benzene rings is 2. The lowest BCUT2D eigenvalue weighted by molar-refractivity contribution is -0.142. The molecule has 0 radical (unpaired) electrons. The van der Waals surface area contributed by atoms with Crippen molar-refractivity contribution in [2.24, 2.45) is 0 Å². The van der Waals surface area contributed by atoms with Crippen LogP contribution in [-0.4, -0.2) is 25.0 Å². The number of nitrogens with one attached hydrogen (secondary N) is 1. The molecule has 0 saturated heterocycles. The molecular weight excluding hydrogens is 280 g/mol. The minimum absolute atomic E-state index is 0.341. The summed E-state index contributed by atoms with van der Waals surface area (Å²) in [5, 5.41) is 2.70. The third-order valence-electron chi connectivity index (χ3n) is 3.25. The Bertz CT molecular complexity index is 639. The van der Waals surface area contributed by atoms with Crippen LogP contribution < -0.4 is 11.1 Å². The van der Waals surface area contributed by atoms with Gasteiger partial charge in [0.1, 0.15) is 6.04 Å². The average Bonchev–Trinajstić information content (AvgIpc) is 2.55. The van der Waals surface area contributed by atoms with E-state index in [-0.39, 0.29) is 5.91 Å². The standard InChI is InChI=1S/C17H18N2O3/c1-22-17(21)15(11-12-5-3-2-4-6-12)19-16(20)13-7-9-14(18)10-8-13/h2-10,15H,11,18H2,1H3,(H,19,20)/t15-/m0/s1. The first-order valence-corrected chi connectivity index (χ1v) is 6.88. The van der Waals surface area contributed by atoms with Gasteiger partial charge in [0.15, 0.2) is 0 Å². The van der Waals surface area contributed by atoms with Crippen LogP contribution in [0.1, 0.15) is 15.9 Å². The van der Waals surface area contributed by atoms with Gasteiger partial charge in [0.05, 0.1) is 7.11 Å². The summed E-state index contributed by atoms with van der Waals surface area (Å²) in [6, 6.07) is 15.2. The molecule has 0 aliphatic heterocycles. The van der Waals surface area contributed by atoms with Gasteiger partial charge in [-0.3, -0.25) is 4.79 Å². The Morgan fingerprint density at radius 1 is 1.09 bits per heavy atom. The molecule has 0 heterocycles. The number of ether oxygens (including phenoxy) is 1. The Morgan fingerprint density at radius 3 is 2.32 bits per heavy atom. The second-order valence-corrected chi connectivity index (χ2v) is 4.86. The van der Waals surface area contributed by atoms with Crippen molar-refractivity contribution in [3.8, 4) is 0 Å². The number of esters is 1. The highest BCUT2D eigenvalue weighted by Crippen LogP contribution is 2.08. The first-order valence-electron chi connectivity index (χ1n) is 6.88. The predicted molar refractivity (Wildman–Crippen MR) is 84.3 cm³/mol. The van der Waals surface area contributed by atoms with Gasteiger partial charge in [0.2, 0.25) is 0 Å². The summed E-state index contributed by atoms with van der Waals surface area (Å²) in [4.78, 5) is 24.1. The molecule has 0 fully saturated rings. The second-order valence-electron chi connectivity index (χ2n) is 4.86. The molecule has 0 bridgehead atoms. The molecule has 2 aromatic carbocycles. The van der Waals surface area contributed by atoms with Crippen molar-refractivity contribution in [2.45, 2.75) is 12.5 Å². The normalized spacial score (nSPS) is 11.5. The Balaban J connectivity index is 2.11. The molecule has 2 rings (SSSR count). The van der Waals surface area contributed by atoms with E-state index in [2.05, 4.69) is 5.32 Å². The summed E-state index contributed by atoms with van der Waals surface area (Å²) >= 11 is 0. The summed E-state index contributed by atoms with van der Waals surface area (Å²) in [6.45, 7) is 0. The highest BCUT2D eigenvalue weighted by atomic mass is 16.5. The van der Waals surface area contributed by atoms with Crippen LogP contribution in [0.15, 0.2) is 54.6 Å². The van der Waals surface area contributed by atoms with Crippen molar-refractivity contribution in [3.63, 3.8) is 0 Å². The zero-order valence-electron chi connectivity index (χ0n) is 12.3. The van der Waals surface area contributed by atoms with E-state index < -0.39 is 12.0 Å². The number of methoxy groups -OCH3 is 1. The fourth-order valence-corrected chi connectivity index (χ4v) is 2.06. The summed E-state index contributed by atoms with van der Waals surface area (Å²) in [5.41, 5.74) is 7.55. The van der Waals surface area contributed by atoms with Gasteiger partial charge in [-0.25, -0.2) is 4.79 Å². The van der Waals surface area contributed by atoms with Crippen molar-refractivity contribution in [1.82, 2.24) is 5.32 Å². The zero-order chi connectivity index (χ0) is 15.9. The molecule has 0 aliphatic rings. The number of amides is 1. The van der Waals surface area contributed by atoms with E-state index >= 15 is 0 Å². The van der Waals surface area contributed by atoms with Gasteiger partial charge >= 0.3 is 5.97 Å². The molecular formula is C17H18N2O3. The van der Waals surface area contributed by atoms with Crippen molar-refractivity contribution < 1.29 is 14.3 Å². The number of carbonyl (C=O) groups excluding carboxylic acids is 2. The van der Waals surface area contributed by atoms with Crippen LogP contribution in [0, 0.1) is 0 Å². The predicted octanol–water partition coefficient (Wildman–Crippen LogP) is 1.78. The zero-order valence-corrected chi connectivity index (χ0v) is 12.3. The Hall–Kier alpha value is -2.82. The molecule has 0 aliphatic carbocycles. The summed E-state index contributed by atoms with van der Waals surface area (Å²) < 4.78 is 4.77. The number of hydrogen-bond donors (Lipinski definition) is 2. The smallest absolute Gasteiger partial charge is 0.328 e. The number of carbonyl (C=O) groups is 2. The lowest BCUT2D eigenvalue weighted by Gasteiger charge is -2.16. The van der Waals surface area contributed by atoms with E-state index in [0.29, 0.717) is 17.7 Å². The molecule has 5 heteroatoms. The van der Waals surface area contributed by atoms with Gasteiger partial charge in [-0.1, -0.05) is 30.3 Å².